The van der Waals surface area contributed by atoms with E-state index >= 15 is 0 Å². The molecule has 0 amide bonds. The van der Waals surface area contributed by atoms with Gasteiger partial charge >= 0.3 is 0 Å². The lowest BCUT2D eigenvalue weighted by Crippen LogP contribution is -2.40. The van der Waals surface area contributed by atoms with E-state index in [2.05, 4.69) is 32.2 Å². The number of guanidine groups is 1. The third-order valence-corrected chi connectivity index (χ3v) is 5.19. The highest BCUT2D eigenvalue weighted by Gasteiger charge is 2.27. The molecule has 2 aliphatic rings. The molecule has 0 aliphatic carbocycles. The first kappa shape index (κ1) is 17.2. The number of hydrogen-bond acceptors (Lipinski definition) is 4. The van der Waals surface area contributed by atoms with Crippen molar-refractivity contribution in [2.45, 2.75) is 39.7 Å². The van der Waals surface area contributed by atoms with Crippen LogP contribution in [0.15, 0.2) is 4.99 Å². The van der Waals surface area contributed by atoms with Crippen LogP contribution < -0.4 is 5.32 Å². The Morgan fingerprint density at radius 1 is 1.25 bits per heavy atom. The van der Waals surface area contributed by atoms with Crippen LogP contribution in [-0.2, 0) is 13.6 Å². The number of rotatable bonds is 5. The van der Waals surface area contributed by atoms with Gasteiger partial charge in [-0.3, -0.25) is 0 Å². The first-order valence-corrected chi connectivity index (χ1v) is 9.28. The Bertz CT molecular complexity index is 559. The maximum atomic E-state index is 4.80. The molecule has 1 aromatic rings. The molecule has 7 heteroatoms. The van der Waals surface area contributed by atoms with E-state index in [1.54, 1.807) is 0 Å². The van der Waals surface area contributed by atoms with Crippen LogP contribution >= 0.6 is 0 Å². The number of hydrogen-bond donors (Lipinski definition) is 1. The number of aromatic nitrogens is 3. The van der Waals surface area contributed by atoms with Crippen LogP contribution in [0.4, 0.5) is 0 Å². The fraction of sp³-hybridized carbons (Fsp3) is 0.824. The van der Waals surface area contributed by atoms with Crippen LogP contribution in [0.2, 0.25) is 0 Å². The second-order valence-corrected chi connectivity index (χ2v) is 7.00. The minimum absolute atomic E-state index is 0.576. The average molecular weight is 333 g/mol. The summed E-state index contributed by atoms with van der Waals surface area (Å²) in [6.45, 7) is 11.6. The number of nitrogens with one attached hydrogen (secondary N) is 1. The third-order valence-electron chi connectivity index (χ3n) is 5.19. The van der Waals surface area contributed by atoms with Gasteiger partial charge in [0.25, 0.3) is 0 Å². The highest BCUT2D eigenvalue weighted by atomic mass is 15.3. The SMILES string of the molecule is CCNC(=NCc1nnc(C)n1C)N1CCC(CN2CCCC2)C1. The van der Waals surface area contributed by atoms with Crippen LogP contribution in [0, 0.1) is 12.8 Å². The van der Waals surface area contributed by atoms with Gasteiger partial charge < -0.3 is 19.7 Å². The normalized spacial score (nSPS) is 22.5. The van der Waals surface area contributed by atoms with Gasteiger partial charge in [-0.2, -0.15) is 0 Å². The summed E-state index contributed by atoms with van der Waals surface area (Å²) in [5.41, 5.74) is 0. The Kier molecular flexibility index (Phi) is 5.71. The van der Waals surface area contributed by atoms with Crippen LogP contribution in [0.25, 0.3) is 0 Å². The monoisotopic (exact) mass is 333 g/mol. The van der Waals surface area contributed by atoms with Crippen molar-refractivity contribution in [1.82, 2.24) is 29.9 Å². The second kappa shape index (κ2) is 7.96. The first-order valence-electron chi connectivity index (χ1n) is 9.28. The predicted molar refractivity (Wildman–Crippen MR) is 95.9 cm³/mol. The number of likely N-dealkylation sites (tertiary alicyclic amines) is 2. The van der Waals surface area contributed by atoms with Gasteiger partial charge in [0.05, 0.1) is 0 Å². The van der Waals surface area contributed by atoms with Crippen LogP contribution in [0.3, 0.4) is 0 Å². The van der Waals surface area contributed by atoms with Gasteiger partial charge in [-0.15, -0.1) is 10.2 Å². The van der Waals surface area contributed by atoms with E-state index in [0.29, 0.717) is 6.54 Å². The summed E-state index contributed by atoms with van der Waals surface area (Å²) < 4.78 is 2.01. The molecule has 2 aliphatic heterocycles. The van der Waals surface area contributed by atoms with Crippen molar-refractivity contribution >= 4 is 5.96 Å². The van der Waals surface area contributed by atoms with E-state index in [1.807, 2.05) is 18.5 Å². The summed E-state index contributed by atoms with van der Waals surface area (Å²) in [5.74, 6) is 3.62. The van der Waals surface area contributed by atoms with Crippen molar-refractivity contribution in [2.75, 3.05) is 39.3 Å². The lowest BCUT2D eigenvalue weighted by Gasteiger charge is -2.23. The van der Waals surface area contributed by atoms with E-state index in [9.17, 15) is 0 Å². The number of aliphatic imine (C=N–C) groups is 1. The summed E-state index contributed by atoms with van der Waals surface area (Å²) in [4.78, 5) is 9.84. The van der Waals surface area contributed by atoms with Gasteiger partial charge in [0.1, 0.15) is 12.4 Å². The summed E-state index contributed by atoms with van der Waals surface area (Å²) >= 11 is 0. The zero-order valence-electron chi connectivity index (χ0n) is 15.3. The predicted octanol–water partition coefficient (Wildman–Crippen LogP) is 1.01. The van der Waals surface area contributed by atoms with Gasteiger partial charge in [-0.1, -0.05) is 0 Å². The lowest BCUT2D eigenvalue weighted by molar-refractivity contribution is 0.281. The molecule has 0 spiro atoms. The van der Waals surface area contributed by atoms with Crippen molar-refractivity contribution in [2.24, 2.45) is 18.0 Å². The lowest BCUT2D eigenvalue weighted by atomic mass is 10.1. The molecule has 3 heterocycles. The zero-order valence-corrected chi connectivity index (χ0v) is 15.3. The molecule has 0 bridgehead atoms. The molecule has 3 rings (SSSR count). The highest BCUT2D eigenvalue weighted by Crippen LogP contribution is 2.20. The van der Waals surface area contributed by atoms with Gasteiger partial charge in [-0.05, 0) is 52.1 Å². The minimum Gasteiger partial charge on any atom is -0.357 e. The topological polar surface area (TPSA) is 61.6 Å². The van der Waals surface area contributed by atoms with E-state index in [-0.39, 0.29) is 0 Å². The summed E-state index contributed by atoms with van der Waals surface area (Å²) in [6, 6.07) is 0. The fourth-order valence-electron chi connectivity index (χ4n) is 3.66. The van der Waals surface area contributed by atoms with Crippen molar-refractivity contribution in [3.8, 4) is 0 Å². The third kappa shape index (κ3) is 4.06. The van der Waals surface area contributed by atoms with Gasteiger partial charge in [-0.25, -0.2) is 4.99 Å². The van der Waals surface area contributed by atoms with Crippen LogP contribution in [-0.4, -0.2) is 69.8 Å². The van der Waals surface area contributed by atoms with Crippen molar-refractivity contribution in [3.05, 3.63) is 11.6 Å². The number of nitrogens with zero attached hydrogens (tertiary/aromatic N) is 6. The molecule has 2 fully saturated rings. The summed E-state index contributed by atoms with van der Waals surface area (Å²) in [6.07, 6.45) is 4.01. The Morgan fingerprint density at radius 3 is 2.71 bits per heavy atom. The minimum atomic E-state index is 0.576. The Balaban J connectivity index is 1.58. The zero-order chi connectivity index (χ0) is 16.9. The molecule has 24 heavy (non-hydrogen) atoms. The average Bonchev–Trinajstić information content (AvgIpc) is 3.30. The smallest absolute Gasteiger partial charge is 0.194 e. The summed E-state index contributed by atoms with van der Waals surface area (Å²) in [7, 11) is 2.00. The molecule has 1 unspecified atom stereocenters. The molecule has 7 nitrogen and oxygen atoms in total. The first-order chi connectivity index (χ1) is 11.7. The second-order valence-electron chi connectivity index (χ2n) is 7.00. The molecule has 0 saturated carbocycles. The molecular weight excluding hydrogens is 302 g/mol. The van der Waals surface area contributed by atoms with Crippen LogP contribution in [0.5, 0.6) is 0 Å². The molecular formula is C17H31N7. The standard InChI is InChI=1S/C17H31N7/c1-4-18-17(19-11-16-21-20-14(2)22(16)3)24-10-7-15(13-24)12-23-8-5-6-9-23/h15H,4-13H2,1-3H3,(H,18,19). The molecule has 2 saturated heterocycles. The largest absolute Gasteiger partial charge is 0.357 e. The molecule has 1 atom stereocenters. The van der Waals surface area contributed by atoms with Crippen molar-refractivity contribution in [3.63, 3.8) is 0 Å². The van der Waals surface area contributed by atoms with Crippen LogP contribution in [0.1, 0.15) is 37.8 Å². The molecule has 0 aromatic carbocycles. The molecule has 0 radical (unpaired) electrons. The highest BCUT2D eigenvalue weighted by molar-refractivity contribution is 5.80. The molecule has 1 aromatic heterocycles. The van der Waals surface area contributed by atoms with E-state index in [1.165, 1.54) is 38.9 Å². The van der Waals surface area contributed by atoms with Gasteiger partial charge in [0, 0.05) is 33.2 Å². The molecule has 1 N–H and O–H groups in total. The van der Waals surface area contributed by atoms with Crippen molar-refractivity contribution in [1.29, 1.82) is 0 Å². The Hall–Kier alpha value is -1.63. The summed E-state index contributed by atoms with van der Waals surface area (Å²) in [5, 5.41) is 11.8. The quantitative estimate of drug-likeness (QED) is 0.644. The maximum Gasteiger partial charge on any atom is 0.194 e. The van der Waals surface area contributed by atoms with Crippen molar-refractivity contribution < 1.29 is 0 Å². The Labute approximate surface area is 145 Å². The van der Waals surface area contributed by atoms with Gasteiger partial charge in [0.2, 0.25) is 0 Å². The van der Waals surface area contributed by atoms with E-state index < -0.39 is 0 Å². The van der Waals surface area contributed by atoms with E-state index in [0.717, 1.165) is 43.2 Å². The maximum absolute atomic E-state index is 4.80. The molecule has 134 valence electrons. The van der Waals surface area contributed by atoms with Gasteiger partial charge in [0.15, 0.2) is 11.8 Å². The fourth-order valence-corrected chi connectivity index (χ4v) is 3.66. The van der Waals surface area contributed by atoms with E-state index in [4.69, 9.17) is 4.99 Å². The number of aryl methyl sites for hydroxylation is 1. The Morgan fingerprint density at radius 2 is 2.04 bits per heavy atom.